The number of phenolic OH excluding ortho intramolecular Hbond substituents is 1. The summed E-state index contributed by atoms with van der Waals surface area (Å²) in [5.74, 6) is -0.153. The summed E-state index contributed by atoms with van der Waals surface area (Å²) in [6.07, 6.45) is 0.394. The van der Waals surface area contributed by atoms with Gasteiger partial charge in [-0.2, -0.15) is 0 Å². The molecule has 5 nitrogen and oxygen atoms in total. The van der Waals surface area contributed by atoms with Crippen LogP contribution in [0, 0.1) is 0 Å². The molecule has 1 aromatic rings. The topological polar surface area (TPSA) is 78.4 Å². The number of phenols is 1. The van der Waals surface area contributed by atoms with Crippen molar-refractivity contribution in [1.29, 1.82) is 0 Å². The molecule has 0 spiro atoms. The second-order valence-corrected chi connectivity index (χ2v) is 4.08. The molecule has 1 saturated heterocycles. The molecule has 1 atom stereocenters. The van der Waals surface area contributed by atoms with Gasteiger partial charge in [0.15, 0.2) is 0 Å². The van der Waals surface area contributed by atoms with Crippen LogP contribution < -0.4 is 10.6 Å². The summed E-state index contributed by atoms with van der Waals surface area (Å²) in [4.78, 5) is 22.6. The fourth-order valence-corrected chi connectivity index (χ4v) is 1.73. The van der Waals surface area contributed by atoms with E-state index >= 15 is 0 Å². The fraction of sp³-hybridized carbons (Fsp3) is 0.273. The Labute approximate surface area is 92.5 Å². The first-order valence-corrected chi connectivity index (χ1v) is 4.91. The van der Waals surface area contributed by atoms with Crippen LogP contribution in [0.25, 0.3) is 0 Å². The Morgan fingerprint density at radius 2 is 1.88 bits per heavy atom. The summed E-state index contributed by atoms with van der Waals surface area (Å²) in [7, 11) is 0. The summed E-state index contributed by atoms with van der Waals surface area (Å²) in [5.41, 5.74) is -0.0359. The molecule has 1 aliphatic heterocycles. The molecular weight excluding hydrogens is 208 g/mol. The lowest BCUT2D eigenvalue weighted by Gasteiger charge is -2.20. The summed E-state index contributed by atoms with van der Waals surface area (Å²) < 4.78 is 0. The predicted molar refractivity (Wildman–Crippen MR) is 56.9 cm³/mol. The molecule has 0 unspecified atom stereocenters. The molecule has 1 aromatic carbocycles. The molecule has 0 radical (unpaired) electrons. The van der Waals surface area contributed by atoms with Crippen molar-refractivity contribution in [2.75, 3.05) is 0 Å². The number of nitrogens with one attached hydrogen (secondary N) is 2. The first kappa shape index (κ1) is 10.5. The van der Waals surface area contributed by atoms with Crippen molar-refractivity contribution in [3.8, 4) is 5.75 Å². The maximum Gasteiger partial charge on any atom is 0.322 e. The van der Waals surface area contributed by atoms with Crippen LogP contribution in [0.15, 0.2) is 24.3 Å². The van der Waals surface area contributed by atoms with Crippen LogP contribution >= 0.6 is 0 Å². The minimum Gasteiger partial charge on any atom is -0.508 e. The molecule has 1 fully saturated rings. The zero-order chi connectivity index (χ0) is 11.8. The maximum absolute atomic E-state index is 11.5. The molecule has 2 rings (SSSR count). The van der Waals surface area contributed by atoms with Gasteiger partial charge in [0.05, 0.1) is 0 Å². The Bertz CT molecular complexity index is 441. The number of amides is 3. The van der Waals surface area contributed by atoms with Crippen LogP contribution in [0.1, 0.15) is 12.5 Å². The number of imide groups is 1. The van der Waals surface area contributed by atoms with Crippen LogP contribution in [0.2, 0.25) is 0 Å². The predicted octanol–water partition coefficient (Wildman–Crippen LogP) is 0.533. The van der Waals surface area contributed by atoms with Crippen LogP contribution in [0.5, 0.6) is 5.75 Å². The number of hydrogen-bond donors (Lipinski definition) is 3. The summed E-state index contributed by atoms with van der Waals surface area (Å²) >= 11 is 0. The lowest BCUT2D eigenvalue weighted by atomic mass is 9.93. The van der Waals surface area contributed by atoms with Crippen LogP contribution in [-0.2, 0) is 11.2 Å². The highest BCUT2D eigenvalue weighted by atomic mass is 16.3. The molecule has 3 N–H and O–H groups in total. The van der Waals surface area contributed by atoms with Gasteiger partial charge in [-0.1, -0.05) is 12.1 Å². The molecule has 1 heterocycles. The SMILES string of the molecule is C[C@@]1(Cc2ccc(O)cc2)NC(=O)NC1=O. The largest absolute Gasteiger partial charge is 0.508 e. The zero-order valence-electron chi connectivity index (χ0n) is 8.78. The van der Waals surface area contributed by atoms with Gasteiger partial charge in [0.1, 0.15) is 11.3 Å². The summed E-state index contributed by atoms with van der Waals surface area (Å²) in [6, 6.07) is 6.07. The van der Waals surface area contributed by atoms with E-state index in [9.17, 15) is 9.59 Å². The normalized spacial score (nSPS) is 24.1. The van der Waals surface area contributed by atoms with Gasteiger partial charge >= 0.3 is 6.03 Å². The Morgan fingerprint density at radius 3 is 2.38 bits per heavy atom. The molecule has 0 aromatic heterocycles. The highest BCUT2D eigenvalue weighted by Crippen LogP contribution is 2.18. The van der Waals surface area contributed by atoms with Crippen molar-refractivity contribution in [2.45, 2.75) is 18.9 Å². The third kappa shape index (κ3) is 1.84. The van der Waals surface area contributed by atoms with Gasteiger partial charge in [0.2, 0.25) is 0 Å². The molecule has 0 aliphatic carbocycles. The molecule has 0 saturated carbocycles. The molecule has 5 heteroatoms. The van der Waals surface area contributed by atoms with Crippen molar-refractivity contribution in [1.82, 2.24) is 10.6 Å². The molecule has 16 heavy (non-hydrogen) atoms. The van der Waals surface area contributed by atoms with Crippen molar-refractivity contribution in [3.05, 3.63) is 29.8 Å². The first-order valence-electron chi connectivity index (χ1n) is 4.91. The van der Waals surface area contributed by atoms with E-state index in [1.807, 2.05) is 0 Å². The average molecular weight is 220 g/mol. The highest BCUT2D eigenvalue weighted by Gasteiger charge is 2.41. The Morgan fingerprint density at radius 1 is 1.25 bits per heavy atom. The van der Waals surface area contributed by atoms with E-state index < -0.39 is 11.6 Å². The van der Waals surface area contributed by atoms with Crippen molar-refractivity contribution in [3.63, 3.8) is 0 Å². The summed E-state index contributed by atoms with van der Waals surface area (Å²) in [5, 5.41) is 13.9. The second-order valence-electron chi connectivity index (χ2n) is 4.08. The smallest absolute Gasteiger partial charge is 0.322 e. The van der Waals surface area contributed by atoms with Gasteiger partial charge in [-0.3, -0.25) is 10.1 Å². The molecular formula is C11H12N2O3. The molecule has 3 amide bonds. The van der Waals surface area contributed by atoms with E-state index in [0.29, 0.717) is 6.42 Å². The van der Waals surface area contributed by atoms with E-state index in [-0.39, 0.29) is 11.7 Å². The number of carbonyl (C=O) groups is 2. The average Bonchev–Trinajstić information content (AvgIpc) is 2.44. The third-order valence-electron chi connectivity index (χ3n) is 2.61. The number of aromatic hydroxyl groups is 1. The quantitative estimate of drug-likeness (QED) is 0.636. The minimum absolute atomic E-state index is 0.175. The van der Waals surface area contributed by atoms with E-state index in [2.05, 4.69) is 10.6 Å². The second kappa shape index (κ2) is 3.52. The van der Waals surface area contributed by atoms with Crippen LogP contribution in [0.3, 0.4) is 0 Å². The number of carbonyl (C=O) groups excluding carboxylic acids is 2. The van der Waals surface area contributed by atoms with Gasteiger partial charge in [-0.05, 0) is 24.6 Å². The lowest BCUT2D eigenvalue weighted by Crippen LogP contribution is -2.45. The Kier molecular flexibility index (Phi) is 2.30. The van der Waals surface area contributed by atoms with E-state index in [1.165, 1.54) is 0 Å². The van der Waals surface area contributed by atoms with Gasteiger partial charge in [-0.25, -0.2) is 4.79 Å². The number of benzene rings is 1. The first-order chi connectivity index (χ1) is 7.49. The fourth-order valence-electron chi connectivity index (χ4n) is 1.73. The van der Waals surface area contributed by atoms with Crippen LogP contribution in [0.4, 0.5) is 4.79 Å². The third-order valence-corrected chi connectivity index (χ3v) is 2.61. The van der Waals surface area contributed by atoms with Crippen molar-refractivity contribution < 1.29 is 14.7 Å². The maximum atomic E-state index is 11.5. The van der Waals surface area contributed by atoms with Crippen molar-refractivity contribution >= 4 is 11.9 Å². The van der Waals surface area contributed by atoms with Gasteiger partial charge in [-0.15, -0.1) is 0 Å². The van der Waals surface area contributed by atoms with E-state index in [4.69, 9.17) is 5.11 Å². The minimum atomic E-state index is -0.909. The van der Waals surface area contributed by atoms with Gasteiger partial charge < -0.3 is 10.4 Å². The lowest BCUT2D eigenvalue weighted by molar-refractivity contribution is -0.123. The monoisotopic (exact) mass is 220 g/mol. The van der Waals surface area contributed by atoms with E-state index in [0.717, 1.165) is 5.56 Å². The Balaban J connectivity index is 2.18. The van der Waals surface area contributed by atoms with Crippen molar-refractivity contribution in [2.24, 2.45) is 0 Å². The Hall–Kier alpha value is -2.04. The molecule has 84 valence electrons. The number of urea groups is 1. The zero-order valence-corrected chi connectivity index (χ0v) is 8.78. The summed E-state index contributed by atoms with van der Waals surface area (Å²) in [6.45, 7) is 1.67. The standard InChI is InChI=1S/C11H12N2O3/c1-11(9(15)12-10(16)13-11)6-7-2-4-8(14)5-3-7/h2-5,14H,6H2,1H3,(H2,12,13,15,16)/t11-/m0/s1. The van der Waals surface area contributed by atoms with Gasteiger partial charge in [0.25, 0.3) is 5.91 Å². The van der Waals surface area contributed by atoms with Crippen LogP contribution in [-0.4, -0.2) is 22.6 Å². The molecule has 0 bridgehead atoms. The molecule has 1 aliphatic rings. The number of hydrogen-bond acceptors (Lipinski definition) is 3. The highest BCUT2D eigenvalue weighted by molar-refractivity contribution is 6.06. The van der Waals surface area contributed by atoms with E-state index in [1.54, 1.807) is 31.2 Å². The number of rotatable bonds is 2. The van der Waals surface area contributed by atoms with Gasteiger partial charge in [0, 0.05) is 6.42 Å².